The number of anilines is 1. The van der Waals surface area contributed by atoms with Gasteiger partial charge in [0.25, 0.3) is 0 Å². The van der Waals surface area contributed by atoms with Crippen molar-refractivity contribution in [3.8, 4) is 11.5 Å². The number of amides is 2. The SMILES string of the molecule is O=C1C2C(c3ccc(Cl)c(Cl)c3)OC3(C(=O)c4ccccc4[C@H]3O)C2C(=O)N1c1ccc2c(c1)OCO2. The third kappa shape index (κ3) is 2.89. The number of benzene rings is 3. The summed E-state index contributed by atoms with van der Waals surface area (Å²) in [5.41, 5.74) is -0.642. The third-order valence-electron chi connectivity index (χ3n) is 7.61. The van der Waals surface area contributed by atoms with Crippen LogP contribution < -0.4 is 14.4 Å². The van der Waals surface area contributed by atoms with Gasteiger partial charge in [0.2, 0.25) is 18.6 Å². The Balaban J connectivity index is 1.40. The first-order valence-corrected chi connectivity index (χ1v) is 12.3. The van der Waals surface area contributed by atoms with E-state index in [0.29, 0.717) is 27.6 Å². The van der Waals surface area contributed by atoms with Crippen molar-refractivity contribution in [1.82, 2.24) is 0 Å². The van der Waals surface area contributed by atoms with Crippen LogP contribution in [0.3, 0.4) is 0 Å². The van der Waals surface area contributed by atoms with Crippen LogP contribution in [0, 0.1) is 11.8 Å². The van der Waals surface area contributed by atoms with Gasteiger partial charge in [-0.25, -0.2) is 4.90 Å². The van der Waals surface area contributed by atoms with Crippen molar-refractivity contribution >= 4 is 46.5 Å². The normalized spacial score (nSPS) is 29.4. The number of ketones is 1. The Morgan fingerprint density at radius 2 is 1.68 bits per heavy atom. The molecule has 186 valence electrons. The number of carbonyl (C=O) groups is 3. The molecule has 0 saturated carbocycles. The number of aliphatic hydroxyl groups is 1. The average Bonchev–Trinajstić information content (AvgIpc) is 3.62. The predicted molar refractivity (Wildman–Crippen MR) is 131 cm³/mol. The van der Waals surface area contributed by atoms with E-state index in [-0.39, 0.29) is 23.1 Å². The summed E-state index contributed by atoms with van der Waals surface area (Å²) in [5, 5.41) is 12.0. The maximum absolute atomic E-state index is 14.0. The van der Waals surface area contributed by atoms with Crippen LogP contribution in [0.1, 0.15) is 33.7 Å². The lowest BCUT2D eigenvalue weighted by atomic mass is 9.76. The van der Waals surface area contributed by atoms with Gasteiger partial charge in [-0.2, -0.15) is 0 Å². The van der Waals surface area contributed by atoms with Gasteiger partial charge < -0.3 is 19.3 Å². The maximum atomic E-state index is 14.0. The molecule has 3 aromatic carbocycles. The molecule has 2 saturated heterocycles. The van der Waals surface area contributed by atoms with E-state index >= 15 is 0 Å². The first-order valence-electron chi connectivity index (χ1n) is 11.5. The summed E-state index contributed by atoms with van der Waals surface area (Å²) in [4.78, 5) is 42.9. The minimum atomic E-state index is -1.98. The smallest absolute Gasteiger partial charge is 0.241 e. The lowest BCUT2D eigenvalue weighted by Gasteiger charge is -2.31. The van der Waals surface area contributed by atoms with Crippen LogP contribution in [0.4, 0.5) is 5.69 Å². The lowest BCUT2D eigenvalue weighted by molar-refractivity contribution is -0.137. The second-order valence-electron chi connectivity index (χ2n) is 9.38. The van der Waals surface area contributed by atoms with Crippen LogP contribution in [0.15, 0.2) is 60.7 Å². The Labute approximate surface area is 220 Å². The fourth-order valence-electron chi connectivity index (χ4n) is 5.98. The van der Waals surface area contributed by atoms with Gasteiger partial charge in [-0.15, -0.1) is 0 Å². The first-order chi connectivity index (χ1) is 17.8. The van der Waals surface area contributed by atoms with Crippen LogP contribution in [0.25, 0.3) is 0 Å². The Bertz CT molecular complexity index is 1540. The van der Waals surface area contributed by atoms with Crippen molar-refractivity contribution in [2.24, 2.45) is 11.8 Å². The monoisotopic (exact) mass is 537 g/mol. The number of imide groups is 1. The van der Waals surface area contributed by atoms with E-state index in [1.807, 2.05) is 0 Å². The highest BCUT2D eigenvalue weighted by Gasteiger charge is 2.74. The van der Waals surface area contributed by atoms with Crippen LogP contribution in [0.2, 0.25) is 10.0 Å². The van der Waals surface area contributed by atoms with Gasteiger partial charge in [0.15, 0.2) is 22.9 Å². The van der Waals surface area contributed by atoms with Gasteiger partial charge in [-0.05, 0) is 35.4 Å². The van der Waals surface area contributed by atoms with Crippen LogP contribution >= 0.6 is 23.2 Å². The van der Waals surface area contributed by atoms with Crippen LogP contribution in [0.5, 0.6) is 11.5 Å². The summed E-state index contributed by atoms with van der Waals surface area (Å²) in [6.07, 6.45) is -2.49. The zero-order valence-electron chi connectivity index (χ0n) is 18.9. The molecule has 0 aromatic heterocycles. The zero-order chi connectivity index (χ0) is 25.6. The molecule has 0 radical (unpaired) electrons. The van der Waals surface area contributed by atoms with E-state index in [1.54, 1.807) is 60.7 Å². The van der Waals surface area contributed by atoms with E-state index in [0.717, 1.165) is 4.90 Å². The lowest BCUT2D eigenvalue weighted by Crippen LogP contribution is -2.49. The van der Waals surface area contributed by atoms with Gasteiger partial charge in [0, 0.05) is 11.6 Å². The van der Waals surface area contributed by atoms with Gasteiger partial charge in [0.1, 0.15) is 6.10 Å². The van der Waals surface area contributed by atoms with Gasteiger partial charge >= 0.3 is 0 Å². The molecule has 1 N–H and O–H groups in total. The minimum absolute atomic E-state index is 0.0290. The number of hydrogen-bond acceptors (Lipinski definition) is 7. The van der Waals surface area contributed by atoms with E-state index in [4.69, 9.17) is 37.4 Å². The fourth-order valence-corrected chi connectivity index (χ4v) is 6.29. The van der Waals surface area contributed by atoms with Gasteiger partial charge in [0.05, 0.1) is 33.7 Å². The molecule has 2 amide bonds. The van der Waals surface area contributed by atoms with E-state index in [9.17, 15) is 19.5 Å². The van der Waals surface area contributed by atoms with Crippen molar-refractivity contribution in [2.45, 2.75) is 17.8 Å². The standard InChI is InChI=1S/C27H17Cl2NO7/c28-16-7-5-12(9-17(16)29)22-20-21(27(37-22)23(31)14-3-1-2-4-15(14)24(27)32)26(34)30(25(20)33)13-6-8-18-19(10-13)36-11-35-18/h1-10,20-23,31H,11H2/t20?,21?,22?,23-,27?/m1/s1. The van der Waals surface area contributed by atoms with E-state index < -0.39 is 47.2 Å². The van der Waals surface area contributed by atoms with Crippen LogP contribution in [-0.2, 0) is 14.3 Å². The Morgan fingerprint density at radius 3 is 2.46 bits per heavy atom. The zero-order valence-corrected chi connectivity index (χ0v) is 20.4. The molecule has 4 unspecified atom stereocenters. The molecule has 3 heterocycles. The van der Waals surface area contributed by atoms with Gasteiger partial charge in [-0.3, -0.25) is 14.4 Å². The number of hydrogen-bond donors (Lipinski definition) is 1. The molecule has 1 spiro atoms. The molecule has 1 aliphatic carbocycles. The van der Waals surface area contributed by atoms with Crippen molar-refractivity contribution in [3.63, 3.8) is 0 Å². The third-order valence-corrected chi connectivity index (χ3v) is 8.35. The second-order valence-corrected chi connectivity index (χ2v) is 10.2. The van der Waals surface area contributed by atoms with Crippen molar-refractivity contribution in [3.05, 3.63) is 87.4 Å². The summed E-state index contributed by atoms with van der Waals surface area (Å²) in [6, 6.07) is 16.0. The number of ether oxygens (including phenoxy) is 3. The minimum Gasteiger partial charge on any atom is -0.454 e. The molecule has 8 nitrogen and oxygen atoms in total. The molecule has 3 aromatic rings. The molecular formula is C27H17Cl2NO7. The number of Topliss-reactive ketones (excluding diaryl/α,β-unsaturated/α-hetero) is 1. The number of rotatable bonds is 2. The first kappa shape index (κ1) is 22.7. The Hall–Kier alpha value is -3.43. The van der Waals surface area contributed by atoms with Crippen molar-refractivity contribution in [1.29, 1.82) is 0 Å². The van der Waals surface area contributed by atoms with Crippen molar-refractivity contribution < 1.29 is 33.7 Å². The average molecular weight is 538 g/mol. The summed E-state index contributed by atoms with van der Waals surface area (Å²) >= 11 is 12.4. The highest BCUT2D eigenvalue weighted by molar-refractivity contribution is 6.42. The van der Waals surface area contributed by atoms with Crippen LogP contribution in [-0.4, -0.2) is 35.1 Å². The summed E-state index contributed by atoms with van der Waals surface area (Å²) in [7, 11) is 0. The number of carbonyl (C=O) groups excluding carboxylic acids is 3. The molecule has 3 aliphatic heterocycles. The maximum Gasteiger partial charge on any atom is 0.241 e. The molecule has 4 aliphatic rings. The Morgan fingerprint density at radius 1 is 0.892 bits per heavy atom. The predicted octanol–water partition coefficient (Wildman–Crippen LogP) is 4.27. The molecule has 2 fully saturated rings. The number of aliphatic hydroxyl groups excluding tert-OH is 1. The molecule has 37 heavy (non-hydrogen) atoms. The highest BCUT2D eigenvalue weighted by Crippen LogP contribution is 2.61. The highest BCUT2D eigenvalue weighted by atomic mass is 35.5. The van der Waals surface area contributed by atoms with E-state index in [2.05, 4.69) is 0 Å². The largest absolute Gasteiger partial charge is 0.454 e. The summed E-state index contributed by atoms with van der Waals surface area (Å²) in [6.45, 7) is 0.0290. The molecule has 5 atom stereocenters. The summed E-state index contributed by atoms with van der Waals surface area (Å²) in [5.74, 6) is -3.22. The number of nitrogens with zero attached hydrogens (tertiary/aromatic N) is 1. The Kier molecular flexibility index (Phi) is 4.79. The summed E-state index contributed by atoms with van der Waals surface area (Å²) < 4.78 is 17.1. The van der Waals surface area contributed by atoms with Gasteiger partial charge in [-0.1, -0.05) is 53.5 Å². The molecule has 10 heteroatoms. The molecular weight excluding hydrogens is 521 g/mol. The molecule has 0 bridgehead atoms. The number of fused-ring (bicyclic) bond motifs is 4. The van der Waals surface area contributed by atoms with Crippen molar-refractivity contribution in [2.75, 3.05) is 11.7 Å². The quantitative estimate of drug-likeness (QED) is 0.487. The topological polar surface area (TPSA) is 102 Å². The second kappa shape index (κ2) is 7.79. The fraction of sp³-hybridized carbons (Fsp3) is 0.222. The molecule has 7 rings (SSSR count). The van der Waals surface area contributed by atoms with E-state index in [1.165, 1.54) is 0 Å². The number of halogens is 2.